The van der Waals surface area contributed by atoms with E-state index in [-0.39, 0.29) is 0 Å². The smallest absolute Gasteiger partial charge is 0.318 e. The quantitative estimate of drug-likeness (QED) is 0.758. The van der Waals surface area contributed by atoms with E-state index in [0.29, 0.717) is 11.5 Å². The molecule has 0 fully saturated rings. The highest BCUT2D eigenvalue weighted by atomic mass is 16.4. The van der Waals surface area contributed by atoms with E-state index in [1.807, 2.05) is 6.07 Å². The second-order valence-corrected chi connectivity index (χ2v) is 4.51. The van der Waals surface area contributed by atoms with Crippen LogP contribution in [-0.4, -0.2) is 41.9 Å². The number of carbonyl (C=O) groups excluding carboxylic acids is 1. The van der Waals surface area contributed by atoms with Gasteiger partial charge in [0, 0.05) is 14.1 Å². The van der Waals surface area contributed by atoms with Gasteiger partial charge in [0.25, 0.3) is 0 Å². The number of nitrogens with one attached hydrogen (secondary N) is 1. The molecular weight excluding hydrogens is 246 g/mol. The largest absolute Gasteiger partial charge is 0.481 e. The third-order valence-corrected chi connectivity index (χ3v) is 2.93. The highest BCUT2D eigenvalue weighted by Crippen LogP contribution is 2.29. The van der Waals surface area contributed by atoms with E-state index in [1.165, 1.54) is 0 Å². The Morgan fingerprint density at radius 2 is 1.95 bits per heavy atom. The molecule has 1 amide bonds. The molecule has 0 bridgehead atoms. The molecule has 19 heavy (non-hydrogen) atoms. The van der Waals surface area contributed by atoms with Gasteiger partial charge in [-0.25, -0.2) is 4.99 Å². The third-order valence-electron chi connectivity index (χ3n) is 2.93. The Kier molecular flexibility index (Phi) is 3.50. The number of carbonyl (C=O) groups is 2. The van der Waals surface area contributed by atoms with Crippen molar-refractivity contribution in [3.8, 4) is 0 Å². The van der Waals surface area contributed by atoms with E-state index in [2.05, 4.69) is 10.3 Å². The number of amides is 1. The molecule has 0 saturated heterocycles. The summed E-state index contributed by atoms with van der Waals surface area (Å²) in [7, 11) is 3.48. The molecule has 0 aromatic heterocycles. The maximum absolute atomic E-state index is 11.9. The van der Waals surface area contributed by atoms with E-state index in [4.69, 9.17) is 0 Å². The second kappa shape index (κ2) is 5.09. The van der Waals surface area contributed by atoms with Crippen molar-refractivity contribution in [2.75, 3.05) is 14.1 Å². The predicted octanol–water partition coefficient (Wildman–Crippen LogP) is 0.476. The average molecular weight is 261 g/mol. The number of nitrogens with zero attached hydrogens (tertiary/aromatic N) is 2. The zero-order valence-corrected chi connectivity index (χ0v) is 10.7. The van der Waals surface area contributed by atoms with Crippen molar-refractivity contribution in [1.82, 2.24) is 10.2 Å². The van der Waals surface area contributed by atoms with Crippen molar-refractivity contribution in [3.05, 3.63) is 35.9 Å². The molecule has 2 atom stereocenters. The lowest BCUT2D eigenvalue weighted by Gasteiger charge is -2.29. The topological polar surface area (TPSA) is 82.0 Å². The molecule has 1 aliphatic heterocycles. The first-order valence-electron chi connectivity index (χ1n) is 5.84. The van der Waals surface area contributed by atoms with Crippen LogP contribution in [0.4, 0.5) is 0 Å². The van der Waals surface area contributed by atoms with Gasteiger partial charge < -0.3 is 10.0 Å². The average Bonchev–Trinajstić information content (AvgIpc) is 2.38. The fourth-order valence-electron chi connectivity index (χ4n) is 1.96. The van der Waals surface area contributed by atoms with Crippen LogP contribution in [-0.2, 0) is 9.59 Å². The molecule has 1 heterocycles. The lowest BCUT2D eigenvalue weighted by molar-refractivity contribution is -0.147. The number of guanidine groups is 1. The van der Waals surface area contributed by atoms with E-state index >= 15 is 0 Å². The Labute approximate surface area is 110 Å². The van der Waals surface area contributed by atoms with E-state index in [9.17, 15) is 14.7 Å². The van der Waals surface area contributed by atoms with Gasteiger partial charge in [-0.05, 0) is 5.56 Å². The SMILES string of the molecule is CN(C)C1=NC(c2ccccc2)C(C(=O)O)C(=O)N1. The van der Waals surface area contributed by atoms with Crippen molar-refractivity contribution in [1.29, 1.82) is 0 Å². The third kappa shape index (κ3) is 2.57. The lowest BCUT2D eigenvalue weighted by atomic mass is 9.91. The molecule has 1 aromatic carbocycles. The number of benzene rings is 1. The fraction of sp³-hybridized carbons (Fsp3) is 0.308. The minimum Gasteiger partial charge on any atom is -0.481 e. The Balaban J connectivity index is 2.47. The first-order valence-corrected chi connectivity index (χ1v) is 5.84. The maximum Gasteiger partial charge on any atom is 0.318 e. The molecule has 2 unspecified atom stereocenters. The van der Waals surface area contributed by atoms with Crippen LogP contribution in [0.25, 0.3) is 0 Å². The molecule has 1 aromatic rings. The molecule has 0 spiro atoms. The minimum absolute atomic E-state index is 0.372. The Bertz CT molecular complexity index is 525. The minimum atomic E-state index is -1.20. The van der Waals surface area contributed by atoms with Gasteiger partial charge in [-0.3, -0.25) is 14.9 Å². The molecule has 1 aliphatic rings. The Hall–Kier alpha value is -2.37. The first-order chi connectivity index (χ1) is 9.00. The molecule has 2 rings (SSSR count). The molecule has 2 N–H and O–H groups in total. The van der Waals surface area contributed by atoms with E-state index in [1.54, 1.807) is 43.3 Å². The van der Waals surface area contributed by atoms with Gasteiger partial charge in [0.15, 0.2) is 5.92 Å². The summed E-state index contributed by atoms with van der Waals surface area (Å²) in [6, 6.07) is 8.27. The van der Waals surface area contributed by atoms with Crippen LogP contribution >= 0.6 is 0 Å². The molecule has 0 aliphatic carbocycles. The summed E-state index contributed by atoms with van der Waals surface area (Å²) in [6.07, 6.45) is 0. The number of hydrogen-bond acceptors (Lipinski definition) is 4. The fourth-order valence-corrected chi connectivity index (χ4v) is 1.96. The molecule has 100 valence electrons. The van der Waals surface area contributed by atoms with Crippen LogP contribution in [0.1, 0.15) is 11.6 Å². The number of hydrogen-bond donors (Lipinski definition) is 2. The molecule has 0 saturated carbocycles. The molecule has 6 heteroatoms. The van der Waals surface area contributed by atoms with Gasteiger partial charge in [0.1, 0.15) is 6.04 Å². The highest BCUT2D eigenvalue weighted by molar-refractivity contribution is 6.08. The van der Waals surface area contributed by atoms with Crippen LogP contribution in [0.3, 0.4) is 0 Å². The molecular formula is C13H15N3O3. The second-order valence-electron chi connectivity index (χ2n) is 4.51. The summed E-state index contributed by atoms with van der Waals surface area (Å²) in [5, 5.41) is 11.7. The zero-order chi connectivity index (χ0) is 14.0. The van der Waals surface area contributed by atoms with Crippen molar-refractivity contribution < 1.29 is 14.7 Å². The van der Waals surface area contributed by atoms with Crippen LogP contribution in [0.2, 0.25) is 0 Å². The van der Waals surface area contributed by atoms with Crippen LogP contribution in [0.5, 0.6) is 0 Å². The monoisotopic (exact) mass is 261 g/mol. The van der Waals surface area contributed by atoms with Crippen LogP contribution < -0.4 is 5.32 Å². The van der Waals surface area contributed by atoms with Crippen molar-refractivity contribution >= 4 is 17.8 Å². The van der Waals surface area contributed by atoms with Gasteiger partial charge in [0.05, 0.1) is 0 Å². The summed E-state index contributed by atoms with van der Waals surface area (Å²) in [5.41, 5.74) is 0.712. The summed E-state index contributed by atoms with van der Waals surface area (Å²) in [5.74, 6) is -2.55. The van der Waals surface area contributed by atoms with E-state index in [0.717, 1.165) is 0 Å². The lowest BCUT2D eigenvalue weighted by Crippen LogP contribution is -2.50. The number of carboxylic acids is 1. The molecule has 6 nitrogen and oxygen atoms in total. The molecule has 0 radical (unpaired) electrons. The van der Waals surface area contributed by atoms with Gasteiger partial charge in [-0.1, -0.05) is 30.3 Å². The number of carboxylic acid groups (broad SMARTS) is 1. The first kappa shape index (κ1) is 13.1. The van der Waals surface area contributed by atoms with Crippen LogP contribution in [0.15, 0.2) is 35.3 Å². The van der Waals surface area contributed by atoms with Gasteiger partial charge >= 0.3 is 5.97 Å². The Morgan fingerprint density at radius 1 is 1.32 bits per heavy atom. The van der Waals surface area contributed by atoms with Crippen molar-refractivity contribution in [2.24, 2.45) is 10.9 Å². The summed E-state index contributed by atoms with van der Waals surface area (Å²) >= 11 is 0. The van der Waals surface area contributed by atoms with Crippen LogP contribution in [0, 0.1) is 5.92 Å². The van der Waals surface area contributed by atoms with Gasteiger partial charge in [-0.15, -0.1) is 0 Å². The zero-order valence-electron chi connectivity index (χ0n) is 10.7. The number of aliphatic carboxylic acids is 1. The predicted molar refractivity (Wildman–Crippen MR) is 69.6 cm³/mol. The maximum atomic E-state index is 11.9. The highest BCUT2D eigenvalue weighted by Gasteiger charge is 2.40. The Morgan fingerprint density at radius 3 is 2.47 bits per heavy atom. The van der Waals surface area contributed by atoms with E-state index < -0.39 is 23.8 Å². The van der Waals surface area contributed by atoms with Crippen molar-refractivity contribution in [2.45, 2.75) is 6.04 Å². The van der Waals surface area contributed by atoms with Crippen molar-refractivity contribution in [3.63, 3.8) is 0 Å². The van der Waals surface area contributed by atoms with Gasteiger partial charge in [-0.2, -0.15) is 0 Å². The summed E-state index contributed by atoms with van der Waals surface area (Å²) < 4.78 is 0. The number of aliphatic imine (C=N–C) groups is 1. The normalized spacial score (nSPS) is 22.4. The van der Waals surface area contributed by atoms with Gasteiger partial charge in [0.2, 0.25) is 11.9 Å². The number of rotatable bonds is 2. The summed E-state index contributed by atoms with van der Waals surface area (Å²) in [4.78, 5) is 29.2. The summed E-state index contributed by atoms with van der Waals surface area (Å²) in [6.45, 7) is 0. The standard InChI is InChI=1S/C13H15N3O3/c1-16(2)13-14-10(8-6-4-3-5-7-8)9(12(18)19)11(17)15-13/h3-7,9-10H,1-2H3,(H,18,19)(H,14,15,17).